The number of carbonyl (C=O) groups is 1. The van der Waals surface area contributed by atoms with E-state index in [2.05, 4.69) is 26.9 Å². The second-order valence-electron chi connectivity index (χ2n) is 3.52. The third-order valence-corrected chi connectivity index (χ3v) is 2.92. The molecule has 0 aliphatic heterocycles. The molecule has 1 heterocycles. The molecule has 4 heteroatoms. The highest BCUT2D eigenvalue weighted by Gasteiger charge is 2.07. The van der Waals surface area contributed by atoms with E-state index >= 15 is 0 Å². The van der Waals surface area contributed by atoms with Crippen LogP contribution in [0, 0.1) is 0 Å². The lowest BCUT2D eigenvalue weighted by atomic mass is 10.2. The predicted octanol–water partition coefficient (Wildman–Crippen LogP) is 1.83. The van der Waals surface area contributed by atoms with Crippen molar-refractivity contribution in [3.8, 4) is 0 Å². The zero-order valence-corrected chi connectivity index (χ0v) is 9.97. The highest BCUT2D eigenvalue weighted by molar-refractivity contribution is 7.07. The van der Waals surface area contributed by atoms with Gasteiger partial charge in [-0.25, -0.2) is 0 Å². The van der Waals surface area contributed by atoms with Crippen molar-refractivity contribution in [1.82, 2.24) is 5.32 Å². The van der Waals surface area contributed by atoms with Crippen molar-refractivity contribution in [3.63, 3.8) is 0 Å². The number of rotatable bonds is 6. The van der Waals surface area contributed by atoms with Crippen LogP contribution in [-0.4, -0.2) is 25.7 Å². The second-order valence-corrected chi connectivity index (χ2v) is 4.30. The lowest BCUT2D eigenvalue weighted by molar-refractivity contribution is -0.141. The smallest absolute Gasteiger partial charge is 0.307 e. The molecule has 1 aromatic rings. The van der Waals surface area contributed by atoms with Crippen LogP contribution in [0.2, 0.25) is 0 Å². The van der Waals surface area contributed by atoms with E-state index in [1.54, 1.807) is 11.3 Å². The van der Waals surface area contributed by atoms with Gasteiger partial charge >= 0.3 is 5.97 Å². The van der Waals surface area contributed by atoms with Crippen LogP contribution >= 0.6 is 11.3 Å². The lowest BCUT2D eigenvalue weighted by Gasteiger charge is -2.11. The Balaban J connectivity index is 2.12. The summed E-state index contributed by atoms with van der Waals surface area (Å²) in [6.07, 6.45) is 1.44. The topological polar surface area (TPSA) is 38.3 Å². The number of nitrogens with one attached hydrogen (secondary N) is 1. The summed E-state index contributed by atoms with van der Waals surface area (Å²) in [6, 6.07) is 2.30. The summed E-state index contributed by atoms with van der Waals surface area (Å²) in [4.78, 5) is 11.0. The van der Waals surface area contributed by atoms with Crippen molar-refractivity contribution in [2.45, 2.75) is 25.8 Å². The molecule has 3 nitrogen and oxygen atoms in total. The standard InChI is InChI=1S/C11H17NO2S/c1-9(7-11(13)14-2)12-5-3-10-4-6-15-8-10/h4,6,8-9,12H,3,5,7H2,1-2H3. The number of hydrogen-bond acceptors (Lipinski definition) is 4. The molecule has 0 aromatic carbocycles. The Morgan fingerprint density at radius 1 is 1.67 bits per heavy atom. The zero-order chi connectivity index (χ0) is 11.1. The first kappa shape index (κ1) is 12.2. The molecule has 0 radical (unpaired) electrons. The fourth-order valence-electron chi connectivity index (χ4n) is 1.30. The molecule has 15 heavy (non-hydrogen) atoms. The molecule has 1 N–H and O–H groups in total. The number of hydrogen-bond donors (Lipinski definition) is 1. The summed E-state index contributed by atoms with van der Waals surface area (Å²) in [6.45, 7) is 2.89. The molecular formula is C11H17NO2S. The molecule has 0 saturated heterocycles. The number of thiophene rings is 1. The Labute approximate surface area is 94.5 Å². The van der Waals surface area contributed by atoms with Gasteiger partial charge in [0.25, 0.3) is 0 Å². The first-order chi connectivity index (χ1) is 7.22. The summed E-state index contributed by atoms with van der Waals surface area (Å²) >= 11 is 1.71. The Bertz CT molecular complexity index is 285. The van der Waals surface area contributed by atoms with E-state index in [0.717, 1.165) is 13.0 Å². The van der Waals surface area contributed by atoms with Gasteiger partial charge in [0, 0.05) is 6.04 Å². The molecule has 0 aliphatic rings. The number of ether oxygens (including phenoxy) is 1. The van der Waals surface area contributed by atoms with E-state index in [-0.39, 0.29) is 12.0 Å². The van der Waals surface area contributed by atoms with Crippen LogP contribution in [0.1, 0.15) is 18.9 Å². The normalized spacial score (nSPS) is 12.4. The van der Waals surface area contributed by atoms with Crippen LogP contribution in [0.5, 0.6) is 0 Å². The average molecular weight is 227 g/mol. The van der Waals surface area contributed by atoms with Gasteiger partial charge in [-0.2, -0.15) is 11.3 Å². The van der Waals surface area contributed by atoms with Crippen LogP contribution in [0.25, 0.3) is 0 Å². The Morgan fingerprint density at radius 3 is 3.07 bits per heavy atom. The van der Waals surface area contributed by atoms with Crippen LogP contribution in [0.3, 0.4) is 0 Å². The van der Waals surface area contributed by atoms with Gasteiger partial charge in [0.05, 0.1) is 13.5 Å². The minimum absolute atomic E-state index is 0.162. The van der Waals surface area contributed by atoms with E-state index < -0.39 is 0 Å². The molecule has 0 bridgehead atoms. The molecule has 0 amide bonds. The van der Waals surface area contributed by atoms with Crippen LogP contribution < -0.4 is 5.32 Å². The fourth-order valence-corrected chi connectivity index (χ4v) is 2.01. The molecule has 0 spiro atoms. The van der Waals surface area contributed by atoms with E-state index in [4.69, 9.17) is 0 Å². The van der Waals surface area contributed by atoms with E-state index in [9.17, 15) is 4.79 Å². The first-order valence-electron chi connectivity index (χ1n) is 5.03. The first-order valence-corrected chi connectivity index (χ1v) is 5.98. The third kappa shape index (κ3) is 4.95. The maximum Gasteiger partial charge on any atom is 0.307 e. The summed E-state index contributed by atoms with van der Waals surface area (Å²) in [5.41, 5.74) is 1.35. The fraction of sp³-hybridized carbons (Fsp3) is 0.545. The van der Waals surface area contributed by atoms with Gasteiger partial charge in [0.2, 0.25) is 0 Å². The number of methoxy groups -OCH3 is 1. The van der Waals surface area contributed by atoms with Crippen LogP contribution in [0.4, 0.5) is 0 Å². The quantitative estimate of drug-likeness (QED) is 0.754. The molecule has 1 rings (SSSR count). The van der Waals surface area contributed by atoms with Gasteiger partial charge in [0.1, 0.15) is 0 Å². The Kier molecular flexibility index (Phi) is 5.36. The largest absolute Gasteiger partial charge is 0.469 e. The van der Waals surface area contributed by atoms with Crippen LogP contribution in [-0.2, 0) is 16.0 Å². The van der Waals surface area contributed by atoms with Crippen molar-refractivity contribution in [2.75, 3.05) is 13.7 Å². The third-order valence-electron chi connectivity index (χ3n) is 2.19. The van der Waals surface area contributed by atoms with Crippen molar-refractivity contribution in [1.29, 1.82) is 0 Å². The molecule has 0 fully saturated rings. The van der Waals surface area contributed by atoms with Crippen LogP contribution in [0.15, 0.2) is 16.8 Å². The van der Waals surface area contributed by atoms with Crippen molar-refractivity contribution in [2.24, 2.45) is 0 Å². The van der Waals surface area contributed by atoms with E-state index in [0.29, 0.717) is 6.42 Å². The molecule has 1 unspecified atom stereocenters. The zero-order valence-electron chi connectivity index (χ0n) is 9.16. The van der Waals surface area contributed by atoms with Gasteiger partial charge < -0.3 is 10.1 Å². The highest BCUT2D eigenvalue weighted by Crippen LogP contribution is 2.05. The second kappa shape index (κ2) is 6.58. The predicted molar refractivity (Wildman–Crippen MR) is 62.1 cm³/mol. The van der Waals surface area contributed by atoms with Gasteiger partial charge in [-0.05, 0) is 42.3 Å². The molecule has 0 saturated carbocycles. The minimum Gasteiger partial charge on any atom is -0.469 e. The van der Waals surface area contributed by atoms with Gasteiger partial charge in [0.15, 0.2) is 0 Å². The van der Waals surface area contributed by atoms with Crippen molar-refractivity contribution >= 4 is 17.3 Å². The summed E-state index contributed by atoms with van der Waals surface area (Å²) < 4.78 is 4.60. The minimum atomic E-state index is -0.162. The maximum absolute atomic E-state index is 11.0. The van der Waals surface area contributed by atoms with E-state index in [1.165, 1.54) is 12.7 Å². The van der Waals surface area contributed by atoms with E-state index in [1.807, 2.05) is 6.92 Å². The molecule has 84 valence electrons. The van der Waals surface area contributed by atoms with Crippen molar-refractivity contribution < 1.29 is 9.53 Å². The Hall–Kier alpha value is -0.870. The average Bonchev–Trinajstić information content (AvgIpc) is 2.70. The SMILES string of the molecule is COC(=O)CC(C)NCCc1ccsc1. The monoisotopic (exact) mass is 227 g/mol. The number of esters is 1. The molecule has 1 atom stereocenters. The highest BCUT2D eigenvalue weighted by atomic mass is 32.1. The summed E-state index contributed by atoms with van der Waals surface area (Å²) in [5.74, 6) is -0.162. The summed E-state index contributed by atoms with van der Waals surface area (Å²) in [5, 5.41) is 7.51. The summed E-state index contributed by atoms with van der Waals surface area (Å²) in [7, 11) is 1.42. The van der Waals surface area contributed by atoms with Crippen molar-refractivity contribution in [3.05, 3.63) is 22.4 Å². The molecular weight excluding hydrogens is 210 g/mol. The maximum atomic E-state index is 11.0. The van der Waals surface area contributed by atoms with Gasteiger partial charge in [-0.3, -0.25) is 4.79 Å². The molecule has 1 aromatic heterocycles. The number of carbonyl (C=O) groups excluding carboxylic acids is 1. The Morgan fingerprint density at radius 2 is 2.47 bits per heavy atom. The lowest BCUT2D eigenvalue weighted by Crippen LogP contribution is -2.30. The van der Waals surface area contributed by atoms with Gasteiger partial charge in [-0.15, -0.1) is 0 Å². The van der Waals surface area contributed by atoms with Gasteiger partial charge in [-0.1, -0.05) is 0 Å². The molecule has 0 aliphatic carbocycles.